The van der Waals surface area contributed by atoms with Crippen LogP contribution in [-0.2, 0) is 0 Å². The van der Waals surface area contributed by atoms with E-state index in [1.807, 2.05) is 6.07 Å². The van der Waals surface area contributed by atoms with Gasteiger partial charge in [0.05, 0.1) is 9.26 Å². The Labute approximate surface area is 131 Å². The number of rotatable bonds is 2. The number of anilines is 1. The largest absolute Gasteiger partial charge is 0.383 e. The average Bonchev–Trinajstić information content (AvgIpc) is 2.95. The van der Waals surface area contributed by atoms with Gasteiger partial charge in [0.2, 0.25) is 0 Å². The molecule has 1 aromatic heterocycles. The van der Waals surface area contributed by atoms with E-state index in [4.69, 9.17) is 5.73 Å². The van der Waals surface area contributed by atoms with Crippen LogP contribution in [-0.4, -0.2) is 9.97 Å². The first kappa shape index (κ1) is 13.7. The number of nitrogens with zero attached hydrogens (tertiary/aromatic N) is 2. The maximum absolute atomic E-state index is 13.3. The molecule has 0 bridgehead atoms. The number of nitrogen functional groups attached to an aromatic ring is 1. The fourth-order valence-electron chi connectivity index (χ4n) is 2.71. The molecular formula is C15H15FIN3. The summed E-state index contributed by atoms with van der Waals surface area (Å²) in [6.45, 7) is 0. The van der Waals surface area contributed by atoms with Gasteiger partial charge >= 0.3 is 0 Å². The molecule has 1 aliphatic carbocycles. The Hall–Kier alpha value is -1.24. The van der Waals surface area contributed by atoms with Crippen molar-refractivity contribution < 1.29 is 4.39 Å². The van der Waals surface area contributed by atoms with Crippen molar-refractivity contribution in [3.05, 3.63) is 39.3 Å². The summed E-state index contributed by atoms with van der Waals surface area (Å²) in [4.78, 5) is 8.97. The van der Waals surface area contributed by atoms with Crippen LogP contribution in [0.15, 0.2) is 24.3 Å². The molecule has 2 N–H and O–H groups in total. The van der Waals surface area contributed by atoms with Gasteiger partial charge < -0.3 is 5.73 Å². The lowest BCUT2D eigenvalue weighted by Gasteiger charge is -2.14. The SMILES string of the molecule is Nc1nc(-c2cccc(F)c2)nc(C2CCCC2)c1I. The molecule has 1 saturated carbocycles. The van der Waals surface area contributed by atoms with Gasteiger partial charge in [-0.2, -0.15) is 0 Å². The lowest BCUT2D eigenvalue weighted by Crippen LogP contribution is -2.08. The highest BCUT2D eigenvalue weighted by Gasteiger charge is 2.23. The molecule has 3 nitrogen and oxygen atoms in total. The van der Waals surface area contributed by atoms with Crippen molar-refractivity contribution in [1.29, 1.82) is 0 Å². The normalized spacial score (nSPS) is 15.7. The molecule has 0 radical (unpaired) electrons. The summed E-state index contributed by atoms with van der Waals surface area (Å²) < 4.78 is 14.3. The fraction of sp³-hybridized carbons (Fsp3) is 0.333. The molecule has 1 aromatic carbocycles. The van der Waals surface area contributed by atoms with Crippen molar-refractivity contribution in [2.45, 2.75) is 31.6 Å². The Kier molecular flexibility index (Phi) is 3.87. The van der Waals surface area contributed by atoms with Gasteiger partial charge in [-0.3, -0.25) is 0 Å². The van der Waals surface area contributed by atoms with E-state index < -0.39 is 0 Å². The van der Waals surface area contributed by atoms with E-state index in [0.29, 0.717) is 23.1 Å². The van der Waals surface area contributed by atoms with Crippen LogP contribution in [0.1, 0.15) is 37.3 Å². The van der Waals surface area contributed by atoms with Crippen molar-refractivity contribution in [2.24, 2.45) is 0 Å². The minimum atomic E-state index is -0.286. The van der Waals surface area contributed by atoms with Crippen LogP contribution in [0, 0.1) is 9.39 Å². The molecule has 1 heterocycles. The Bertz CT molecular complexity index is 639. The molecule has 0 aliphatic heterocycles. The second kappa shape index (κ2) is 5.63. The van der Waals surface area contributed by atoms with Gasteiger partial charge in [-0.05, 0) is 47.6 Å². The van der Waals surface area contributed by atoms with Gasteiger partial charge in [0.25, 0.3) is 0 Å². The highest BCUT2D eigenvalue weighted by molar-refractivity contribution is 14.1. The Morgan fingerprint density at radius 1 is 1.20 bits per heavy atom. The summed E-state index contributed by atoms with van der Waals surface area (Å²) in [5.41, 5.74) is 7.71. The summed E-state index contributed by atoms with van der Waals surface area (Å²) in [5, 5.41) is 0. The van der Waals surface area contributed by atoms with Crippen molar-refractivity contribution in [3.63, 3.8) is 0 Å². The van der Waals surface area contributed by atoms with Gasteiger partial charge in [-0.15, -0.1) is 0 Å². The van der Waals surface area contributed by atoms with Crippen LogP contribution in [0.25, 0.3) is 11.4 Å². The molecular weight excluding hydrogens is 368 g/mol. The first-order valence-electron chi connectivity index (χ1n) is 6.74. The van der Waals surface area contributed by atoms with Crippen LogP contribution in [0.5, 0.6) is 0 Å². The monoisotopic (exact) mass is 383 g/mol. The highest BCUT2D eigenvalue weighted by Crippen LogP contribution is 2.37. The molecule has 0 atom stereocenters. The first-order valence-corrected chi connectivity index (χ1v) is 7.82. The minimum absolute atomic E-state index is 0.286. The third kappa shape index (κ3) is 2.63. The van der Waals surface area contributed by atoms with Gasteiger partial charge in [0, 0.05) is 11.5 Å². The van der Waals surface area contributed by atoms with Gasteiger partial charge in [0.15, 0.2) is 5.82 Å². The minimum Gasteiger partial charge on any atom is -0.383 e. The molecule has 0 saturated heterocycles. The van der Waals surface area contributed by atoms with Crippen molar-refractivity contribution >= 4 is 28.4 Å². The fourth-order valence-corrected chi connectivity index (χ4v) is 3.39. The smallest absolute Gasteiger partial charge is 0.161 e. The maximum Gasteiger partial charge on any atom is 0.161 e. The molecule has 0 spiro atoms. The van der Waals surface area contributed by atoms with Crippen LogP contribution >= 0.6 is 22.6 Å². The highest BCUT2D eigenvalue weighted by atomic mass is 127. The molecule has 2 aromatic rings. The lowest BCUT2D eigenvalue weighted by molar-refractivity contribution is 0.628. The van der Waals surface area contributed by atoms with E-state index in [9.17, 15) is 4.39 Å². The van der Waals surface area contributed by atoms with Crippen molar-refractivity contribution in [2.75, 3.05) is 5.73 Å². The van der Waals surface area contributed by atoms with Crippen molar-refractivity contribution in [3.8, 4) is 11.4 Å². The summed E-state index contributed by atoms with van der Waals surface area (Å²) in [5.74, 6) is 1.18. The standard InChI is InChI=1S/C15H15FIN3/c16-11-7-3-6-10(8-11)15-19-13(9-4-1-2-5-9)12(17)14(18)20-15/h3,6-9H,1-2,4-5H2,(H2,18,19,20). The zero-order valence-electron chi connectivity index (χ0n) is 10.9. The second-order valence-electron chi connectivity index (χ2n) is 5.12. The summed E-state index contributed by atoms with van der Waals surface area (Å²) in [7, 11) is 0. The van der Waals surface area contributed by atoms with Crippen molar-refractivity contribution in [1.82, 2.24) is 9.97 Å². The number of halogens is 2. The summed E-state index contributed by atoms with van der Waals surface area (Å²) in [6.07, 6.45) is 4.77. The predicted molar refractivity (Wildman–Crippen MR) is 85.8 cm³/mol. The molecule has 104 valence electrons. The number of aromatic nitrogens is 2. The quantitative estimate of drug-likeness (QED) is 0.794. The van der Waals surface area contributed by atoms with E-state index in [1.165, 1.54) is 25.0 Å². The van der Waals surface area contributed by atoms with Gasteiger partial charge in [0.1, 0.15) is 11.6 Å². The average molecular weight is 383 g/mol. The molecule has 0 amide bonds. The van der Waals surface area contributed by atoms with Crippen LogP contribution in [0.3, 0.4) is 0 Å². The van der Waals surface area contributed by atoms with E-state index in [-0.39, 0.29) is 5.82 Å². The summed E-state index contributed by atoms with van der Waals surface area (Å²) >= 11 is 2.21. The second-order valence-corrected chi connectivity index (χ2v) is 6.20. The van der Waals surface area contributed by atoms with Crippen LogP contribution in [0.4, 0.5) is 10.2 Å². The maximum atomic E-state index is 13.3. The molecule has 3 rings (SSSR count). The Morgan fingerprint density at radius 2 is 1.95 bits per heavy atom. The van der Waals surface area contributed by atoms with E-state index >= 15 is 0 Å². The number of hydrogen-bond donors (Lipinski definition) is 1. The first-order chi connectivity index (χ1) is 9.65. The Balaban J connectivity index is 2.08. The molecule has 0 unspecified atom stereocenters. The van der Waals surface area contributed by atoms with E-state index in [0.717, 1.165) is 22.1 Å². The molecule has 1 fully saturated rings. The topological polar surface area (TPSA) is 51.8 Å². The third-order valence-electron chi connectivity index (χ3n) is 3.73. The van der Waals surface area contributed by atoms with E-state index in [1.54, 1.807) is 6.07 Å². The number of hydrogen-bond acceptors (Lipinski definition) is 3. The molecule has 1 aliphatic rings. The molecule has 5 heteroatoms. The lowest BCUT2D eigenvalue weighted by atomic mass is 10.0. The van der Waals surface area contributed by atoms with Gasteiger partial charge in [-0.25, -0.2) is 14.4 Å². The Morgan fingerprint density at radius 3 is 2.65 bits per heavy atom. The predicted octanol–water partition coefficient (Wildman–Crippen LogP) is 4.13. The van der Waals surface area contributed by atoms with Crippen LogP contribution in [0.2, 0.25) is 0 Å². The van der Waals surface area contributed by atoms with Crippen LogP contribution < -0.4 is 5.73 Å². The molecule has 20 heavy (non-hydrogen) atoms. The van der Waals surface area contributed by atoms with Gasteiger partial charge in [-0.1, -0.05) is 25.0 Å². The van der Waals surface area contributed by atoms with E-state index in [2.05, 4.69) is 32.6 Å². The zero-order valence-corrected chi connectivity index (χ0v) is 13.1. The number of benzene rings is 1. The summed E-state index contributed by atoms with van der Waals surface area (Å²) in [6, 6.07) is 6.33. The third-order valence-corrected chi connectivity index (χ3v) is 4.83. The number of nitrogens with two attached hydrogens (primary N) is 1. The zero-order chi connectivity index (χ0) is 14.1.